The summed E-state index contributed by atoms with van der Waals surface area (Å²) in [5, 5.41) is 3.16. The molecule has 2 aliphatic rings. The predicted molar refractivity (Wildman–Crippen MR) is 123 cm³/mol. The van der Waals surface area contributed by atoms with Crippen molar-refractivity contribution in [2.45, 2.75) is 0 Å². The summed E-state index contributed by atoms with van der Waals surface area (Å²) in [6, 6.07) is 12.2. The lowest BCUT2D eigenvalue weighted by molar-refractivity contribution is 0.109. The third-order valence-electron chi connectivity index (χ3n) is 4.53. The minimum atomic E-state index is -3.88. The standard InChI is InChI=1S/C10H12FNO.C8H10FNO3S.C4H9NO/c11-9-3-1-2-4-10(9)12-5-7-13-8-6-12;1-10(2)14(11,12)13-8-6-4-3-5-7(8)9;1-3-6-4-2-5-1/h1-4H,5-8H2;3-6H,1-2H3;5H,1-4H2. The molecule has 0 amide bonds. The number of morpholine rings is 2. The topological polar surface area (TPSA) is 80.3 Å². The molecule has 4 rings (SSSR count). The highest BCUT2D eigenvalue weighted by atomic mass is 32.2. The van der Waals surface area contributed by atoms with Crippen molar-refractivity contribution >= 4 is 16.0 Å². The Hall–Kier alpha value is -2.31. The van der Waals surface area contributed by atoms with Crippen LogP contribution in [0.4, 0.5) is 14.5 Å². The number of hydrogen-bond acceptors (Lipinski definition) is 7. The van der Waals surface area contributed by atoms with E-state index in [0.717, 1.165) is 49.8 Å². The van der Waals surface area contributed by atoms with Crippen molar-refractivity contribution in [2.24, 2.45) is 0 Å². The normalized spacial score (nSPS) is 16.2. The average Bonchev–Trinajstić information content (AvgIpc) is 2.83. The van der Waals surface area contributed by atoms with E-state index in [1.165, 1.54) is 38.4 Å². The van der Waals surface area contributed by atoms with Crippen molar-refractivity contribution < 1.29 is 30.9 Å². The van der Waals surface area contributed by atoms with Gasteiger partial charge in [0.2, 0.25) is 0 Å². The second-order valence-corrected chi connectivity index (χ2v) is 8.92. The van der Waals surface area contributed by atoms with E-state index in [1.54, 1.807) is 12.1 Å². The van der Waals surface area contributed by atoms with Gasteiger partial charge in [-0.3, -0.25) is 0 Å². The Kier molecular flexibility index (Phi) is 11.5. The summed E-state index contributed by atoms with van der Waals surface area (Å²) in [6.45, 7) is 6.77. The van der Waals surface area contributed by atoms with Crippen LogP contribution in [-0.2, 0) is 19.8 Å². The monoisotopic (exact) mass is 487 g/mol. The molecule has 0 aliphatic carbocycles. The predicted octanol–water partition coefficient (Wildman–Crippen LogP) is 2.28. The lowest BCUT2D eigenvalue weighted by atomic mass is 10.2. The summed E-state index contributed by atoms with van der Waals surface area (Å²) in [5.74, 6) is -1.16. The van der Waals surface area contributed by atoms with Crippen LogP contribution in [0.25, 0.3) is 0 Å². The molecule has 8 nitrogen and oxygen atoms in total. The van der Waals surface area contributed by atoms with E-state index in [1.807, 2.05) is 11.0 Å². The van der Waals surface area contributed by atoms with Gasteiger partial charge in [-0.25, -0.2) is 8.78 Å². The first-order valence-corrected chi connectivity index (χ1v) is 11.9. The van der Waals surface area contributed by atoms with Gasteiger partial charge < -0.3 is 23.9 Å². The molecule has 184 valence electrons. The molecule has 1 N–H and O–H groups in total. The molecule has 11 heteroatoms. The number of nitrogens with one attached hydrogen (secondary N) is 1. The quantitative estimate of drug-likeness (QED) is 0.709. The van der Waals surface area contributed by atoms with Crippen LogP contribution in [0.3, 0.4) is 0 Å². The van der Waals surface area contributed by atoms with Gasteiger partial charge in [-0.15, -0.1) is 0 Å². The van der Waals surface area contributed by atoms with Gasteiger partial charge in [-0.2, -0.15) is 12.7 Å². The van der Waals surface area contributed by atoms with Gasteiger partial charge in [0.25, 0.3) is 0 Å². The fraction of sp³-hybridized carbons (Fsp3) is 0.455. The average molecular weight is 488 g/mol. The zero-order valence-corrected chi connectivity index (χ0v) is 19.7. The van der Waals surface area contributed by atoms with Gasteiger partial charge in [0.15, 0.2) is 11.6 Å². The van der Waals surface area contributed by atoms with Crippen LogP contribution in [0.5, 0.6) is 5.75 Å². The van der Waals surface area contributed by atoms with E-state index in [2.05, 4.69) is 9.50 Å². The number of para-hydroxylation sites is 2. The highest BCUT2D eigenvalue weighted by molar-refractivity contribution is 7.84. The smallest absolute Gasteiger partial charge is 0.379 e. The van der Waals surface area contributed by atoms with E-state index in [9.17, 15) is 17.2 Å². The second-order valence-electron chi connectivity index (χ2n) is 7.17. The molecule has 0 bridgehead atoms. The fourth-order valence-electron chi connectivity index (χ4n) is 2.73. The van der Waals surface area contributed by atoms with Crippen molar-refractivity contribution in [3.05, 3.63) is 60.2 Å². The third-order valence-corrected chi connectivity index (χ3v) is 5.81. The van der Waals surface area contributed by atoms with Gasteiger partial charge in [0, 0.05) is 40.3 Å². The van der Waals surface area contributed by atoms with E-state index in [0.29, 0.717) is 18.9 Å². The molecule has 0 unspecified atom stereocenters. The number of anilines is 1. The van der Waals surface area contributed by atoms with Crippen molar-refractivity contribution in [2.75, 3.05) is 71.6 Å². The number of benzene rings is 2. The Bertz CT molecular complexity index is 926. The molecule has 2 fully saturated rings. The molecule has 33 heavy (non-hydrogen) atoms. The SMILES string of the molecule is C1COCCN1.CN(C)S(=O)(=O)Oc1ccccc1F.Fc1ccccc1N1CCOCC1. The van der Waals surface area contributed by atoms with Crippen molar-refractivity contribution in [3.8, 4) is 5.75 Å². The lowest BCUT2D eigenvalue weighted by Crippen LogP contribution is -2.36. The Morgan fingerprint density at radius 2 is 1.42 bits per heavy atom. The number of ether oxygens (including phenoxy) is 2. The van der Waals surface area contributed by atoms with Gasteiger partial charge >= 0.3 is 10.3 Å². The number of hydrogen-bond donors (Lipinski definition) is 1. The Balaban J connectivity index is 0.000000188. The first kappa shape index (κ1) is 26.9. The summed E-state index contributed by atoms with van der Waals surface area (Å²) < 4.78 is 64.2. The molecule has 0 saturated carbocycles. The van der Waals surface area contributed by atoms with Gasteiger partial charge in [-0.05, 0) is 24.3 Å². The Morgan fingerprint density at radius 1 is 0.879 bits per heavy atom. The number of rotatable bonds is 4. The van der Waals surface area contributed by atoms with Crippen LogP contribution in [-0.4, -0.2) is 79.4 Å². The highest BCUT2D eigenvalue weighted by Crippen LogP contribution is 2.19. The van der Waals surface area contributed by atoms with Crippen LogP contribution in [0, 0.1) is 11.6 Å². The lowest BCUT2D eigenvalue weighted by Gasteiger charge is -2.28. The molecule has 0 atom stereocenters. The third kappa shape index (κ3) is 9.60. The molecule has 2 heterocycles. The summed E-state index contributed by atoms with van der Waals surface area (Å²) in [5.41, 5.74) is 0.686. The van der Waals surface area contributed by atoms with E-state index in [4.69, 9.17) is 9.47 Å². The van der Waals surface area contributed by atoms with Crippen LogP contribution in [0.1, 0.15) is 0 Å². The van der Waals surface area contributed by atoms with Crippen LogP contribution in [0.2, 0.25) is 0 Å². The van der Waals surface area contributed by atoms with E-state index >= 15 is 0 Å². The van der Waals surface area contributed by atoms with E-state index in [-0.39, 0.29) is 11.6 Å². The highest BCUT2D eigenvalue weighted by Gasteiger charge is 2.17. The van der Waals surface area contributed by atoms with Crippen LogP contribution >= 0.6 is 0 Å². The molecule has 0 radical (unpaired) electrons. The maximum Gasteiger partial charge on any atom is 0.384 e. The zero-order chi connectivity index (χ0) is 24.1. The molecule has 2 aromatic carbocycles. The first-order chi connectivity index (χ1) is 15.8. The maximum absolute atomic E-state index is 13.3. The molecule has 0 aromatic heterocycles. The summed E-state index contributed by atoms with van der Waals surface area (Å²) >= 11 is 0. The second kappa shape index (κ2) is 14.1. The minimum Gasteiger partial charge on any atom is -0.379 e. The fourth-order valence-corrected chi connectivity index (χ4v) is 3.24. The zero-order valence-electron chi connectivity index (χ0n) is 18.9. The maximum atomic E-state index is 13.3. The molecule has 2 aliphatic heterocycles. The van der Waals surface area contributed by atoms with Crippen LogP contribution in [0.15, 0.2) is 48.5 Å². The summed E-state index contributed by atoms with van der Waals surface area (Å²) in [6.07, 6.45) is 0. The van der Waals surface area contributed by atoms with Gasteiger partial charge in [0.1, 0.15) is 5.82 Å². The number of halogens is 2. The first-order valence-electron chi connectivity index (χ1n) is 10.5. The molecule has 0 spiro atoms. The van der Waals surface area contributed by atoms with Gasteiger partial charge in [0.05, 0.1) is 32.1 Å². The Labute approximate surface area is 194 Å². The minimum absolute atomic E-state index is 0.149. The molecular formula is C22H31F2N3O5S. The summed E-state index contributed by atoms with van der Waals surface area (Å²) in [4.78, 5) is 2.01. The van der Waals surface area contributed by atoms with Gasteiger partial charge in [-0.1, -0.05) is 24.3 Å². The van der Waals surface area contributed by atoms with Crippen LogP contribution < -0.4 is 14.4 Å². The molecular weight excluding hydrogens is 456 g/mol. The largest absolute Gasteiger partial charge is 0.384 e. The van der Waals surface area contributed by atoms with Crippen molar-refractivity contribution in [1.82, 2.24) is 9.62 Å². The van der Waals surface area contributed by atoms with Crippen molar-refractivity contribution in [1.29, 1.82) is 0 Å². The van der Waals surface area contributed by atoms with E-state index < -0.39 is 16.1 Å². The molecule has 2 aromatic rings. The number of nitrogens with zero attached hydrogens (tertiary/aromatic N) is 2. The van der Waals surface area contributed by atoms with Crippen molar-refractivity contribution in [3.63, 3.8) is 0 Å². The Morgan fingerprint density at radius 3 is 1.91 bits per heavy atom. The summed E-state index contributed by atoms with van der Waals surface area (Å²) in [7, 11) is -1.28. The molecule has 2 saturated heterocycles.